The quantitative estimate of drug-likeness (QED) is 0.740. The molecule has 3 heteroatoms. The molecule has 1 aromatic heterocycles. The van der Waals surface area contributed by atoms with Crippen molar-refractivity contribution in [2.75, 3.05) is 6.54 Å². The van der Waals surface area contributed by atoms with Crippen LogP contribution in [-0.2, 0) is 6.54 Å². The van der Waals surface area contributed by atoms with Gasteiger partial charge in [0.05, 0.1) is 0 Å². The van der Waals surface area contributed by atoms with Crippen LogP contribution in [0.1, 0.15) is 29.3 Å². The first-order chi connectivity index (χ1) is 10.8. The summed E-state index contributed by atoms with van der Waals surface area (Å²) in [6.07, 6.45) is 2.44. The summed E-state index contributed by atoms with van der Waals surface area (Å²) >= 11 is 1.84. The molecule has 22 heavy (non-hydrogen) atoms. The van der Waals surface area contributed by atoms with Crippen LogP contribution in [0.15, 0.2) is 53.9 Å². The molecule has 1 atom stereocenters. The predicted molar refractivity (Wildman–Crippen MR) is 92.3 cm³/mol. The Hall–Kier alpha value is -1.84. The zero-order valence-electron chi connectivity index (χ0n) is 12.4. The van der Waals surface area contributed by atoms with Crippen molar-refractivity contribution in [1.82, 2.24) is 4.90 Å². The van der Waals surface area contributed by atoms with E-state index < -0.39 is 0 Å². The average molecular weight is 309 g/mol. The predicted octanol–water partition coefficient (Wildman–Crippen LogP) is 4.94. The summed E-state index contributed by atoms with van der Waals surface area (Å²) in [5, 5.41) is 14.9. The fraction of sp³-hybridized carbons (Fsp3) is 0.263. The number of nitrogens with zero attached hydrogens (tertiary/aromatic N) is 1. The van der Waals surface area contributed by atoms with E-state index in [0.29, 0.717) is 11.8 Å². The van der Waals surface area contributed by atoms with E-state index in [1.54, 1.807) is 0 Å². The Morgan fingerprint density at radius 3 is 2.86 bits per heavy atom. The second-order valence-electron chi connectivity index (χ2n) is 5.93. The minimum Gasteiger partial charge on any atom is -0.508 e. The van der Waals surface area contributed by atoms with Gasteiger partial charge in [-0.15, -0.1) is 11.3 Å². The van der Waals surface area contributed by atoms with Crippen molar-refractivity contribution in [1.29, 1.82) is 0 Å². The zero-order valence-corrected chi connectivity index (χ0v) is 13.2. The lowest BCUT2D eigenvalue weighted by Crippen LogP contribution is -2.22. The molecule has 0 amide bonds. The van der Waals surface area contributed by atoms with Gasteiger partial charge in [-0.1, -0.05) is 36.4 Å². The van der Waals surface area contributed by atoms with E-state index in [2.05, 4.69) is 34.5 Å². The van der Waals surface area contributed by atoms with E-state index >= 15 is 0 Å². The number of aromatic hydroxyl groups is 1. The molecule has 1 aliphatic heterocycles. The Kier molecular flexibility index (Phi) is 3.60. The van der Waals surface area contributed by atoms with Gasteiger partial charge in [0.1, 0.15) is 5.75 Å². The van der Waals surface area contributed by atoms with Crippen LogP contribution < -0.4 is 0 Å². The fourth-order valence-electron chi connectivity index (χ4n) is 3.51. The molecule has 112 valence electrons. The zero-order chi connectivity index (χ0) is 14.9. The number of phenolic OH excluding ortho intramolecular Hbond substituents is 1. The first-order valence-corrected chi connectivity index (χ1v) is 8.68. The van der Waals surface area contributed by atoms with Crippen LogP contribution in [0.2, 0.25) is 0 Å². The van der Waals surface area contributed by atoms with Gasteiger partial charge < -0.3 is 5.11 Å². The highest BCUT2D eigenvalue weighted by molar-refractivity contribution is 7.10. The van der Waals surface area contributed by atoms with Gasteiger partial charge >= 0.3 is 0 Å². The number of thiophene rings is 1. The Balaban J connectivity index is 1.70. The van der Waals surface area contributed by atoms with Crippen LogP contribution in [0.25, 0.3) is 10.8 Å². The summed E-state index contributed by atoms with van der Waals surface area (Å²) in [5.74, 6) is 0.413. The molecule has 1 N–H and O–H groups in total. The molecule has 0 spiro atoms. The highest BCUT2D eigenvalue weighted by Gasteiger charge is 2.27. The van der Waals surface area contributed by atoms with Crippen molar-refractivity contribution < 1.29 is 5.11 Å². The van der Waals surface area contributed by atoms with E-state index in [1.165, 1.54) is 28.5 Å². The fourth-order valence-corrected chi connectivity index (χ4v) is 4.41. The monoisotopic (exact) mass is 309 g/mol. The summed E-state index contributed by atoms with van der Waals surface area (Å²) < 4.78 is 0. The van der Waals surface area contributed by atoms with Crippen LogP contribution in [0.4, 0.5) is 0 Å². The van der Waals surface area contributed by atoms with E-state index in [-0.39, 0.29) is 0 Å². The maximum Gasteiger partial charge on any atom is 0.120 e. The standard InChI is InChI=1S/C19H19NOS/c21-18-10-9-14-5-1-2-6-15(14)16(18)13-20-11-3-7-17(20)19-8-4-12-22-19/h1-2,4-6,8-10,12,17,21H,3,7,11,13H2/t17-/m1/s1. The lowest BCUT2D eigenvalue weighted by molar-refractivity contribution is 0.249. The van der Waals surface area contributed by atoms with Gasteiger partial charge in [0.25, 0.3) is 0 Å². The molecule has 1 saturated heterocycles. The average Bonchev–Trinajstić information content (AvgIpc) is 3.21. The summed E-state index contributed by atoms with van der Waals surface area (Å²) in [6.45, 7) is 1.92. The number of likely N-dealkylation sites (tertiary alicyclic amines) is 1. The van der Waals surface area contributed by atoms with Gasteiger partial charge in [-0.05, 0) is 47.7 Å². The van der Waals surface area contributed by atoms with Crippen molar-refractivity contribution in [3.05, 3.63) is 64.4 Å². The minimum atomic E-state index is 0.413. The largest absolute Gasteiger partial charge is 0.508 e. The van der Waals surface area contributed by atoms with E-state index in [4.69, 9.17) is 0 Å². The first kappa shape index (κ1) is 13.8. The summed E-state index contributed by atoms with van der Waals surface area (Å²) in [6, 6.07) is 17.0. The first-order valence-electron chi connectivity index (χ1n) is 7.80. The Morgan fingerprint density at radius 1 is 1.09 bits per heavy atom. The molecule has 4 rings (SSSR count). The number of rotatable bonds is 3. The number of fused-ring (bicyclic) bond motifs is 1. The third-order valence-electron chi connectivity index (χ3n) is 4.61. The molecule has 2 heterocycles. The molecule has 0 unspecified atom stereocenters. The molecule has 2 nitrogen and oxygen atoms in total. The molecule has 0 saturated carbocycles. The van der Waals surface area contributed by atoms with Crippen LogP contribution in [0.3, 0.4) is 0 Å². The SMILES string of the molecule is Oc1ccc2ccccc2c1CN1CCC[C@@H]1c1cccs1. The highest BCUT2D eigenvalue weighted by Crippen LogP contribution is 2.37. The number of phenols is 1. The van der Waals surface area contributed by atoms with Crippen molar-refractivity contribution in [3.63, 3.8) is 0 Å². The Morgan fingerprint density at radius 2 is 2.00 bits per heavy atom. The van der Waals surface area contributed by atoms with Crippen molar-refractivity contribution in [2.24, 2.45) is 0 Å². The van der Waals surface area contributed by atoms with Gasteiger partial charge in [0, 0.05) is 23.0 Å². The van der Waals surface area contributed by atoms with Crippen LogP contribution >= 0.6 is 11.3 Å². The summed E-state index contributed by atoms with van der Waals surface area (Å²) in [7, 11) is 0. The van der Waals surface area contributed by atoms with Gasteiger partial charge in [0.15, 0.2) is 0 Å². The van der Waals surface area contributed by atoms with Crippen LogP contribution in [0.5, 0.6) is 5.75 Å². The van der Waals surface area contributed by atoms with Crippen molar-refractivity contribution in [3.8, 4) is 5.75 Å². The number of benzene rings is 2. The van der Waals surface area contributed by atoms with Crippen LogP contribution in [0, 0.1) is 0 Å². The van der Waals surface area contributed by atoms with E-state index in [9.17, 15) is 5.11 Å². The van der Waals surface area contributed by atoms with Crippen molar-refractivity contribution >= 4 is 22.1 Å². The highest BCUT2D eigenvalue weighted by atomic mass is 32.1. The second-order valence-corrected chi connectivity index (χ2v) is 6.91. The van der Waals surface area contributed by atoms with E-state index in [1.807, 2.05) is 35.6 Å². The van der Waals surface area contributed by atoms with Crippen LogP contribution in [-0.4, -0.2) is 16.6 Å². The number of hydrogen-bond donors (Lipinski definition) is 1. The molecular weight excluding hydrogens is 290 g/mol. The smallest absolute Gasteiger partial charge is 0.120 e. The normalized spacial score (nSPS) is 19.0. The molecule has 3 aromatic rings. The third kappa shape index (κ3) is 2.40. The lowest BCUT2D eigenvalue weighted by atomic mass is 10.0. The molecule has 2 aromatic carbocycles. The Labute approximate surface area is 134 Å². The summed E-state index contributed by atoms with van der Waals surface area (Å²) in [5.41, 5.74) is 1.06. The maximum absolute atomic E-state index is 10.4. The van der Waals surface area contributed by atoms with Gasteiger partial charge in [-0.3, -0.25) is 4.90 Å². The minimum absolute atomic E-state index is 0.413. The number of hydrogen-bond acceptors (Lipinski definition) is 3. The second kappa shape index (κ2) is 5.75. The Bertz CT molecular complexity index is 781. The van der Waals surface area contributed by atoms with Crippen molar-refractivity contribution in [2.45, 2.75) is 25.4 Å². The molecule has 0 bridgehead atoms. The van der Waals surface area contributed by atoms with Gasteiger partial charge in [-0.25, -0.2) is 0 Å². The molecular formula is C19H19NOS. The van der Waals surface area contributed by atoms with E-state index in [0.717, 1.165) is 18.7 Å². The van der Waals surface area contributed by atoms with Gasteiger partial charge in [-0.2, -0.15) is 0 Å². The van der Waals surface area contributed by atoms with Gasteiger partial charge in [0.2, 0.25) is 0 Å². The topological polar surface area (TPSA) is 23.5 Å². The summed E-state index contributed by atoms with van der Waals surface area (Å²) in [4.78, 5) is 3.95. The lowest BCUT2D eigenvalue weighted by Gasteiger charge is -2.24. The maximum atomic E-state index is 10.4. The molecule has 0 aliphatic carbocycles. The molecule has 0 radical (unpaired) electrons. The molecule has 1 fully saturated rings. The molecule has 1 aliphatic rings. The third-order valence-corrected chi connectivity index (χ3v) is 5.59.